The Hall–Kier alpha value is -6.70. The van der Waals surface area contributed by atoms with E-state index in [4.69, 9.17) is 18.9 Å². The van der Waals surface area contributed by atoms with Gasteiger partial charge >= 0.3 is 11.9 Å². The van der Waals surface area contributed by atoms with E-state index in [2.05, 4.69) is 137 Å². The lowest BCUT2D eigenvalue weighted by molar-refractivity contribution is -0.146. The van der Waals surface area contributed by atoms with E-state index >= 15 is 0 Å². The molecule has 0 bridgehead atoms. The van der Waals surface area contributed by atoms with Gasteiger partial charge in [0.05, 0.1) is 13.2 Å². The van der Waals surface area contributed by atoms with Gasteiger partial charge in [-0.25, -0.2) is 0 Å². The summed E-state index contributed by atoms with van der Waals surface area (Å²) in [5, 5.41) is 0. The second kappa shape index (κ2) is 24.5. The lowest BCUT2D eigenvalue weighted by Gasteiger charge is -2.28. The van der Waals surface area contributed by atoms with Crippen molar-refractivity contribution in [2.75, 3.05) is 13.2 Å². The molecule has 0 amide bonds. The van der Waals surface area contributed by atoms with Gasteiger partial charge in [-0.05, 0) is 205 Å². The monoisotopic (exact) mass is 960 g/mol. The highest BCUT2D eigenvalue weighted by molar-refractivity contribution is 7.19. The van der Waals surface area contributed by atoms with Gasteiger partial charge in [-0.1, -0.05) is 70.5 Å². The van der Waals surface area contributed by atoms with Crippen molar-refractivity contribution in [3.8, 4) is 64.4 Å². The van der Waals surface area contributed by atoms with Crippen LogP contribution in [0.2, 0.25) is 0 Å². The molecule has 0 N–H and O–H groups in total. The molecule has 0 aliphatic heterocycles. The number of ether oxygens (including phenoxy) is 4. The van der Waals surface area contributed by atoms with Gasteiger partial charge in [0, 0.05) is 42.0 Å². The number of allylic oxidation sites excluding steroid dienone is 1. The molecule has 0 spiro atoms. The SMILES string of the molecule is C=C=CC1(CCC)c2cc(-c3ccc(-c4ccc(OCCCCCC(=O)OC(C=C)C=C)cc4)s3)ccc2-c2ccc(-c3ccc(-c4ccc(OCCCCCC(=O)OC(C=C)C=C)cc4)s3)cc21.[HH].[HH].[HH]. The van der Waals surface area contributed by atoms with Gasteiger partial charge < -0.3 is 18.9 Å². The normalized spacial score (nSPS) is 12.1. The van der Waals surface area contributed by atoms with Crippen LogP contribution in [0.1, 0.15) is 86.5 Å². The third-order valence-electron chi connectivity index (χ3n) is 12.4. The molecule has 1 aliphatic rings. The number of rotatable bonds is 27. The fourth-order valence-corrected chi connectivity index (χ4v) is 10.8. The molecule has 69 heavy (non-hydrogen) atoms. The number of thiophene rings is 2. The molecule has 2 aromatic heterocycles. The van der Waals surface area contributed by atoms with Gasteiger partial charge in [0.1, 0.15) is 23.7 Å². The fourth-order valence-electron chi connectivity index (χ4n) is 8.82. The van der Waals surface area contributed by atoms with Crippen molar-refractivity contribution in [2.24, 2.45) is 0 Å². The summed E-state index contributed by atoms with van der Waals surface area (Å²) in [7, 11) is 0. The van der Waals surface area contributed by atoms with Crippen LogP contribution in [0.25, 0.3) is 52.9 Å². The molecule has 360 valence electrons. The van der Waals surface area contributed by atoms with E-state index in [1.54, 1.807) is 47.0 Å². The number of unbranched alkanes of at least 4 members (excludes halogenated alkanes) is 4. The second-order valence-electron chi connectivity index (χ2n) is 17.1. The van der Waals surface area contributed by atoms with Crippen LogP contribution in [0.15, 0.2) is 178 Å². The number of benzene rings is 4. The maximum Gasteiger partial charge on any atom is 0.306 e. The zero-order valence-electron chi connectivity index (χ0n) is 39.7. The van der Waals surface area contributed by atoms with Crippen LogP contribution in [-0.4, -0.2) is 37.4 Å². The van der Waals surface area contributed by atoms with Gasteiger partial charge in [0.2, 0.25) is 0 Å². The third kappa shape index (κ3) is 12.5. The zero-order valence-corrected chi connectivity index (χ0v) is 41.4. The molecule has 0 atom stereocenters. The van der Waals surface area contributed by atoms with Crippen LogP contribution in [0, 0.1) is 0 Å². The number of esters is 2. The summed E-state index contributed by atoms with van der Waals surface area (Å²) in [5.74, 6) is 1.20. The van der Waals surface area contributed by atoms with Crippen molar-refractivity contribution in [2.45, 2.75) is 88.8 Å². The molecule has 0 unspecified atom stereocenters. The number of hydrogen-bond acceptors (Lipinski definition) is 8. The molecule has 7 rings (SSSR count). The zero-order chi connectivity index (χ0) is 48.6. The molecular weight excluding hydrogens is 893 g/mol. The molecule has 0 fully saturated rings. The quantitative estimate of drug-likeness (QED) is 0.0222. The maximum absolute atomic E-state index is 12.0. The summed E-state index contributed by atoms with van der Waals surface area (Å²) in [6, 6.07) is 39.4. The first kappa shape index (κ1) is 50.2. The minimum Gasteiger partial charge on any atom is -0.494 e. The molecule has 2 heterocycles. The predicted octanol–water partition coefficient (Wildman–Crippen LogP) is 17.1. The van der Waals surface area contributed by atoms with Crippen molar-refractivity contribution < 1.29 is 32.8 Å². The van der Waals surface area contributed by atoms with E-state index in [1.165, 1.54) is 52.9 Å². The summed E-state index contributed by atoms with van der Waals surface area (Å²) < 4.78 is 22.6. The van der Waals surface area contributed by atoms with Gasteiger partial charge in [-0.3, -0.25) is 9.59 Å². The Balaban J connectivity index is 0.00000375. The first-order valence-corrected chi connectivity index (χ1v) is 25.6. The van der Waals surface area contributed by atoms with Crippen molar-refractivity contribution >= 4 is 34.6 Å². The molecule has 4 aromatic carbocycles. The molecule has 0 saturated heterocycles. The number of carbonyl (C=O) groups is 2. The Morgan fingerprint density at radius 3 is 1.33 bits per heavy atom. The number of hydrogen-bond donors (Lipinski definition) is 0. The van der Waals surface area contributed by atoms with Crippen LogP contribution < -0.4 is 9.47 Å². The van der Waals surface area contributed by atoms with Crippen molar-refractivity contribution in [3.05, 3.63) is 189 Å². The molecule has 6 aromatic rings. The smallest absolute Gasteiger partial charge is 0.306 e. The molecule has 6 nitrogen and oxygen atoms in total. The van der Waals surface area contributed by atoms with Crippen molar-refractivity contribution in [3.63, 3.8) is 0 Å². The number of fused-ring (bicyclic) bond motifs is 3. The van der Waals surface area contributed by atoms with Gasteiger partial charge in [0.25, 0.3) is 0 Å². The van der Waals surface area contributed by atoms with Crippen LogP contribution in [0.3, 0.4) is 0 Å². The Kier molecular flexibility index (Phi) is 17.8. The Bertz CT molecular complexity index is 2610. The minimum absolute atomic E-state index is 0. The molecule has 1 aliphatic carbocycles. The topological polar surface area (TPSA) is 71.1 Å². The van der Waals surface area contributed by atoms with Gasteiger partial charge in [-0.15, -0.1) is 28.4 Å². The maximum atomic E-state index is 12.0. The third-order valence-corrected chi connectivity index (χ3v) is 14.8. The van der Waals surface area contributed by atoms with E-state index in [0.29, 0.717) is 26.1 Å². The fraction of sp³-hybridized carbons (Fsp3) is 0.262. The van der Waals surface area contributed by atoms with E-state index in [0.717, 1.165) is 74.0 Å². The first-order chi connectivity index (χ1) is 33.7. The van der Waals surface area contributed by atoms with E-state index < -0.39 is 12.2 Å². The summed E-state index contributed by atoms with van der Waals surface area (Å²) in [5.41, 5.74) is 12.7. The molecule has 0 radical (unpaired) electrons. The second-order valence-corrected chi connectivity index (χ2v) is 19.3. The average molecular weight is 961 g/mol. The van der Waals surface area contributed by atoms with Crippen molar-refractivity contribution in [1.29, 1.82) is 0 Å². The molecule has 0 saturated carbocycles. The Labute approximate surface area is 421 Å². The summed E-state index contributed by atoms with van der Waals surface area (Å²) in [4.78, 5) is 28.8. The number of carbonyl (C=O) groups excluding carboxylic acids is 2. The lowest BCUT2D eigenvalue weighted by Crippen LogP contribution is -2.22. The highest BCUT2D eigenvalue weighted by atomic mass is 32.1. The van der Waals surface area contributed by atoms with Crippen LogP contribution in [0.4, 0.5) is 0 Å². The van der Waals surface area contributed by atoms with Crippen LogP contribution in [-0.2, 0) is 24.5 Å². The van der Waals surface area contributed by atoms with Gasteiger partial charge in [0.15, 0.2) is 0 Å². The van der Waals surface area contributed by atoms with Crippen molar-refractivity contribution in [1.82, 2.24) is 0 Å². The van der Waals surface area contributed by atoms with Gasteiger partial charge in [-0.2, -0.15) is 0 Å². The highest BCUT2D eigenvalue weighted by Gasteiger charge is 2.41. The van der Waals surface area contributed by atoms with E-state index in [1.807, 2.05) is 24.3 Å². The standard InChI is InChI=1S/C61H62O6S2.3H2/c1-7-37-61(38-8-2)53-41-45(57-35-33-55(68-57)43-21-27-49(28-22-43)64-39-17-13-15-19-59(62)66-47(9-3)10-4)25-31-51(53)52-32-26-46(42-54(52)61)58-36-34-56(69-58)44-23-29-50(30-24-44)65-40-18-14-16-20-60(63)67-48(11-5)12-6;;;/h9-12,21-37,41-42,47-48H,1,3-6,8,13-20,38-40H2,2H3;3*1H. The van der Waals surface area contributed by atoms with E-state index in [9.17, 15) is 9.59 Å². The Morgan fingerprint density at radius 2 is 0.957 bits per heavy atom. The van der Waals surface area contributed by atoms with Crippen LogP contribution in [0.5, 0.6) is 11.5 Å². The average Bonchev–Trinajstić information content (AvgIpc) is 4.14. The largest absolute Gasteiger partial charge is 0.494 e. The molecule has 8 heteroatoms. The predicted molar refractivity (Wildman–Crippen MR) is 294 cm³/mol. The summed E-state index contributed by atoms with van der Waals surface area (Å²) in [6.07, 6.45) is 15.2. The highest BCUT2D eigenvalue weighted by Crippen LogP contribution is 2.54. The minimum atomic E-state index is -0.437. The summed E-state index contributed by atoms with van der Waals surface area (Å²) >= 11 is 3.59. The molecular formula is C61H68O6S2. The van der Waals surface area contributed by atoms with E-state index in [-0.39, 0.29) is 21.6 Å². The Morgan fingerprint density at radius 1 is 0.565 bits per heavy atom. The lowest BCUT2D eigenvalue weighted by atomic mass is 9.74. The van der Waals surface area contributed by atoms with Crippen LogP contribution >= 0.6 is 22.7 Å². The first-order valence-electron chi connectivity index (χ1n) is 23.9. The summed E-state index contributed by atoms with van der Waals surface area (Å²) in [6.45, 7) is 22.2.